The number of hydrogen-bond donors (Lipinski definition) is 1. The molecule has 0 unspecified atom stereocenters. The second kappa shape index (κ2) is 9.85. The van der Waals surface area contributed by atoms with Gasteiger partial charge in [-0.15, -0.1) is 0 Å². The molecule has 2 fully saturated rings. The summed E-state index contributed by atoms with van der Waals surface area (Å²) in [5, 5.41) is 3.36. The molecule has 1 aromatic heterocycles. The van der Waals surface area contributed by atoms with E-state index in [1.165, 1.54) is 5.56 Å². The quantitative estimate of drug-likeness (QED) is 0.871. The van der Waals surface area contributed by atoms with E-state index in [-0.39, 0.29) is 0 Å². The average molecular weight is 321 g/mol. The van der Waals surface area contributed by atoms with E-state index in [2.05, 4.69) is 27.3 Å². The molecular formula is C18H31N3O2. The molecule has 3 rings (SSSR count). The zero-order chi connectivity index (χ0) is 16.5. The zero-order valence-electron chi connectivity index (χ0n) is 14.8. The third kappa shape index (κ3) is 5.44. The fourth-order valence-corrected chi connectivity index (χ4v) is 2.83. The first-order chi connectivity index (χ1) is 11.3. The molecular weight excluding hydrogens is 290 g/mol. The molecule has 2 aliphatic rings. The normalized spacial score (nSPS) is 23.7. The van der Waals surface area contributed by atoms with Crippen LogP contribution >= 0.6 is 0 Å². The maximum atomic E-state index is 5.83. The van der Waals surface area contributed by atoms with Gasteiger partial charge in [0.1, 0.15) is 5.82 Å². The maximum Gasteiger partial charge on any atom is 0.128 e. The number of aromatic nitrogens is 1. The number of hydrogen-bond acceptors (Lipinski definition) is 5. The summed E-state index contributed by atoms with van der Waals surface area (Å²) in [5.41, 5.74) is 1.25. The topological polar surface area (TPSA) is 46.6 Å². The Morgan fingerprint density at radius 3 is 2.52 bits per heavy atom. The predicted octanol–water partition coefficient (Wildman–Crippen LogP) is 2.25. The van der Waals surface area contributed by atoms with E-state index in [1.807, 2.05) is 20.0 Å². The van der Waals surface area contributed by atoms with Crippen molar-refractivity contribution in [2.24, 2.45) is 0 Å². The van der Waals surface area contributed by atoms with Gasteiger partial charge in [-0.3, -0.25) is 0 Å². The van der Waals surface area contributed by atoms with Crippen LogP contribution < -0.4 is 10.2 Å². The molecule has 130 valence electrons. The molecule has 0 spiro atoms. The van der Waals surface area contributed by atoms with Gasteiger partial charge in [0, 0.05) is 39.5 Å². The second-order valence-corrected chi connectivity index (χ2v) is 5.83. The van der Waals surface area contributed by atoms with Gasteiger partial charge >= 0.3 is 0 Å². The summed E-state index contributed by atoms with van der Waals surface area (Å²) in [4.78, 5) is 6.91. The van der Waals surface area contributed by atoms with E-state index in [9.17, 15) is 0 Å². The van der Waals surface area contributed by atoms with Gasteiger partial charge in [-0.25, -0.2) is 4.98 Å². The standard InChI is InChI=1S/C16H25N3O2.C2H6/c1-20-14-10-15(11-14)21-9-4-13-2-3-16(18-12-13)19-7-5-17-6-8-19;1-2/h2-3,12,14-15,17H,4-11H2,1H3;1-2H3. The Balaban J connectivity index is 0.000000924. The Morgan fingerprint density at radius 2 is 1.91 bits per heavy atom. The lowest BCUT2D eigenvalue weighted by Crippen LogP contribution is -2.43. The highest BCUT2D eigenvalue weighted by atomic mass is 16.5. The van der Waals surface area contributed by atoms with Crippen LogP contribution in [0.1, 0.15) is 32.3 Å². The van der Waals surface area contributed by atoms with Gasteiger partial charge in [-0.1, -0.05) is 19.9 Å². The van der Waals surface area contributed by atoms with Crippen LogP contribution in [0.25, 0.3) is 0 Å². The van der Waals surface area contributed by atoms with E-state index in [1.54, 1.807) is 7.11 Å². The Kier molecular flexibility index (Phi) is 7.79. The minimum Gasteiger partial charge on any atom is -0.381 e. The van der Waals surface area contributed by atoms with Crippen LogP contribution in [0.4, 0.5) is 5.82 Å². The summed E-state index contributed by atoms with van der Waals surface area (Å²) >= 11 is 0. The third-order valence-electron chi connectivity index (χ3n) is 4.38. The first-order valence-corrected chi connectivity index (χ1v) is 8.90. The molecule has 2 heterocycles. The van der Waals surface area contributed by atoms with Gasteiger partial charge in [-0.05, 0) is 30.9 Å². The van der Waals surface area contributed by atoms with Crippen molar-refractivity contribution in [3.8, 4) is 0 Å². The minimum atomic E-state index is 0.392. The molecule has 1 saturated carbocycles. The van der Waals surface area contributed by atoms with Gasteiger partial charge in [0.25, 0.3) is 0 Å². The van der Waals surface area contributed by atoms with E-state index in [0.29, 0.717) is 12.2 Å². The van der Waals surface area contributed by atoms with Gasteiger partial charge in [0.2, 0.25) is 0 Å². The third-order valence-corrected chi connectivity index (χ3v) is 4.38. The van der Waals surface area contributed by atoms with Crippen LogP contribution in [0, 0.1) is 0 Å². The average Bonchev–Trinajstić information content (AvgIpc) is 2.60. The van der Waals surface area contributed by atoms with Crippen molar-refractivity contribution < 1.29 is 9.47 Å². The van der Waals surface area contributed by atoms with Crippen LogP contribution in [0.3, 0.4) is 0 Å². The van der Waals surface area contributed by atoms with Crippen LogP contribution in [0.5, 0.6) is 0 Å². The molecule has 0 radical (unpaired) electrons. The number of anilines is 1. The van der Waals surface area contributed by atoms with Crippen molar-refractivity contribution in [1.29, 1.82) is 0 Å². The molecule has 5 heteroatoms. The van der Waals surface area contributed by atoms with E-state index in [4.69, 9.17) is 9.47 Å². The minimum absolute atomic E-state index is 0.392. The lowest BCUT2D eigenvalue weighted by Gasteiger charge is -2.33. The lowest BCUT2D eigenvalue weighted by atomic mass is 9.92. The van der Waals surface area contributed by atoms with Crippen molar-refractivity contribution in [2.45, 2.75) is 45.3 Å². The van der Waals surface area contributed by atoms with Gasteiger partial charge < -0.3 is 19.7 Å². The highest BCUT2D eigenvalue weighted by Crippen LogP contribution is 2.25. The van der Waals surface area contributed by atoms with E-state index < -0.39 is 0 Å². The van der Waals surface area contributed by atoms with Crippen molar-refractivity contribution in [3.63, 3.8) is 0 Å². The van der Waals surface area contributed by atoms with Crippen LogP contribution in [-0.2, 0) is 15.9 Å². The van der Waals surface area contributed by atoms with Gasteiger partial charge in [-0.2, -0.15) is 0 Å². The summed E-state index contributed by atoms with van der Waals surface area (Å²) in [6, 6.07) is 4.30. The van der Waals surface area contributed by atoms with Crippen molar-refractivity contribution in [3.05, 3.63) is 23.9 Å². The molecule has 1 aliphatic heterocycles. The fraction of sp³-hybridized carbons (Fsp3) is 0.722. The molecule has 1 saturated heterocycles. The fourth-order valence-electron chi connectivity index (χ4n) is 2.83. The zero-order valence-corrected chi connectivity index (χ0v) is 14.8. The monoisotopic (exact) mass is 321 g/mol. The van der Waals surface area contributed by atoms with Crippen LogP contribution in [-0.4, -0.2) is 57.1 Å². The Hall–Kier alpha value is -1.17. The van der Waals surface area contributed by atoms with Gasteiger partial charge in [0.15, 0.2) is 0 Å². The first-order valence-electron chi connectivity index (χ1n) is 8.90. The molecule has 0 atom stereocenters. The van der Waals surface area contributed by atoms with E-state index >= 15 is 0 Å². The number of nitrogens with one attached hydrogen (secondary N) is 1. The number of nitrogens with zero attached hydrogens (tertiary/aromatic N) is 2. The molecule has 0 bridgehead atoms. The Labute approximate surface area is 140 Å². The van der Waals surface area contributed by atoms with E-state index in [0.717, 1.165) is 57.9 Å². The summed E-state index contributed by atoms with van der Waals surface area (Å²) in [7, 11) is 1.77. The smallest absolute Gasteiger partial charge is 0.128 e. The summed E-state index contributed by atoms with van der Waals surface area (Å²) in [6.07, 6.45) is 5.80. The number of ether oxygens (including phenoxy) is 2. The van der Waals surface area contributed by atoms with Gasteiger partial charge in [0.05, 0.1) is 18.8 Å². The van der Waals surface area contributed by atoms with Crippen LogP contribution in [0.2, 0.25) is 0 Å². The molecule has 0 aromatic carbocycles. The number of methoxy groups -OCH3 is 1. The number of pyridine rings is 1. The lowest BCUT2D eigenvalue weighted by molar-refractivity contribution is -0.0858. The van der Waals surface area contributed by atoms with Crippen molar-refractivity contribution >= 4 is 5.82 Å². The molecule has 1 aromatic rings. The number of piperazine rings is 1. The first kappa shape index (κ1) is 18.2. The molecule has 0 amide bonds. The van der Waals surface area contributed by atoms with Crippen LogP contribution in [0.15, 0.2) is 18.3 Å². The number of rotatable bonds is 6. The summed E-state index contributed by atoms with van der Waals surface area (Å²) in [5.74, 6) is 1.09. The SMILES string of the molecule is CC.COC1CC(OCCc2ccc(N3CCNCC3)nc2)C1. The Bertz CT molecular complexity index is 426. The van der Waals surface area contributed by atoms with Crippen molar-refractivity contribution in [2.75, 3.05) is 44.8 Å². The Morgan fingerprint density at radius 1 is 1.17 bits per heavy atom. The molecule has 1 aliphatic carbocycles. The highest BCUT2D eigenvalue weighted by Gasteiger charge is 2.29. The highest BCUT2D eigenvalue weighted by molar-refractivity contribution is 5.39. The summed E-state index contributed by atoms with van der Waals surface area (Å²) < 4.78 is 11.1. The largest absolute Gasteiger partial charge is 0.381 e. The predicted molar refractivity (Wildman–Crippen MR) is 94.1 cm³/mol. The second-order valence-electron chi connectivity index (χ2n) is 5.83. The molecule has 1 N–H and O–H groups in total. The summed E-state index contributed by atoms with van der Waals surface area (Å²) in [6.45, 7) is 8.94. The molecule has 23 heavy (non-hydrogen) atoms. The van der Waals surface area contributed by atoms with Crippen molar-refractivity contribution in [1.82, 2.24) is 10.3 Å². The maximum absolute atomic E-state index is 5.83. The molecule has 5 nitrogen and oxygen atoms in total.